The molecule has 2 rings (SSSR count). The molecule has 5 nitrogen and oxygen atoms in total. The van der Waals surface area contributed by atoms with Crippen molar-refractivity contribution in [3.8, 4) is 22.9 Å². The van der Waals surface area contributed by atoms with Crippen molar-refractivity contribution in [2.75, 3.05) is 7.11 Å². The lowest BCUT2D eigenvalue weighted by Gasteiger charge is -2.05. The second-order valence-corrected chi connectivity index (χ2v) is 3.68. The van der Waals surface area contributed by atoms with E-state index < -0.39 is 0 Å². The minimum atomic E-state index is 0.100. The van der Waals surface area contributed by atoms with Crippen LogP contribution in [0.4, 0.5) is 0 Å². The van der Waals surface area contributed by atoms with Gasteiger partial charge in [-0.1, -0.05) is 0 Å². The largest absolute Gasteiger partial charge is 0.504 e. The van der Waals surface area contributed by atoms with Gasteiger partial charge in [0.2, 0.25) is 0 Å². The molecule has 0 radical (unpaired) electrons. The summed E-state index contributed by atoms with van der Waals surface area (Å²) in [6.07, 6.45) is 0. The third kappa shape index (κ3) is 1.67. The molecule has 0 saturated heterocycles. The smallest absolute Gasteiger partial charge is 0.195 e. The summed E-state index contributed by atoms with van der Waals surface area (Å²) in [6.45, 7) is 0. The van der Waals surface area contributed by atoms with Gasteiger partial charge >= 0.3 is 0 Å². The number of aromatic amines is 1. The van der Waals surface area contributed by atoms with E-state index in [0.717, 1.165) is 5.56 Å². The maximum Gasteiger partial charge on any atom is 0.195 e. The van der Waals surface area contributed by atoms with E-state index in [1.54, 1.807) is 22.8 Å². The van der Waals surface area contributed by atoms with Crippen LogP contribution in [0.3, 0.4) is 0 Å². The maximum atomic E-state index is 9.48. The highest BCUT2D eigenvalue weighted by atomic mass is 32.1. The van der Waals surface area contributed by atoms with Crippen LogP contribution in [0.15, 0.2) is 18.2 Å². The van der Waals surface area contributed by atoms with E-state index in [1.165, 1.54) is 7.11 Å². The Hall–Kier alpha value is -1.82. The predicted octanol–water partition coefficient (Wildman–Crippen LogP) is 1.86. The Balaban J connectivity index is 2.57. The van der Waals surface area contributed by atoms with Gasteiger partial charge in [-0.05, 0) is 30.4 Å². The number of phenols is 1. The summed E-state index contributed by atoms with van der Waals surface area (Å²) in [5.41, 5.74) is 0.824. The summed E-state index contributed by atoms with van der Waals surface area (Å²) < 4.78 is 7.33. The van der Waals surface area contributed by atoms with Crippen molar-refractivity contribution in [3.05, 3.63) is 23.0 Å². The molecule has 1 aromatic heterocycles. The number of methoxy groups -OCH3 is 1. The molecule has 0 saturated carbocycles. The van der Waals surface area contributed by atoms with Crippen molar-refractivity contribution < 1.29 is 9.84 Å². The molecule has 0 aliphatic rings. The van der Waals surface area contributed by atoms with Crippen molar-refractivity contribution in [1.82, 2.24) is 14.8 Å². The number of hydrogen-bond acceptors (Lipinski definition) is 4. The summed E-state index contributed by atoms with van der Waals surface area (Å²) in [5.74, 6) is 1.21. The number of nitrogens with one attached hydrogen (secondary N) is 1. The number of hydrogen-bond donors (Lipinski definition) is 2. The summed E-state index contributed by atoms with van der Waals surface area (Å²) in [5, 5.41) is 16.3. The van der Waals surface area contributed by atoms with Crippen LogP contribution in [0.5, 0.6) is 11.5 Å². The minimum Gasteiger partial charge on any atom is -0.504 e. The molecule has 2 N–H and O–H groups in total. The number of nitrogens with zero attached hydrogens (tertiary/aromatic N) is 2. The van der Waals surface area contributed by atoms with Gasteiger partial charge in [0.05, 0.1) is 7.11 Å². The molecule has 6 heteroatoms. The highest BCUT2D eigenvalue weighted by molar-refractivity contribution is 7.71. The van der Waals surface area contributed by atoms with E-state index in [2.05, 4.69) is 10.2 Å². The van der Waals surface area contributed by atoms with Crippen molar-refractivity contribution in [2.24, 2.45) is 7.05 Å². The molecule has 2 aromatic rings. The quantitative estimate of drug-likeness (QED) is 0.782. The molecule has 0 bridgehead atoms. The first-order valence-electron chi connectivity index (χ1n) is 4.62. The average Bonchev–Trinajstić information content (AvgIpc) is 2.61. The topological polar surface area (TPSA) is 63.1 Å². The number of phenolic OH excluding ortho intramolecular Hbond substituents is 1. The van der Waals surface area contributed by atoms with Gasteiger partial charge in [-0.15, -0.1) is 0 Å². The lowest BCUT2D eigenvalue weighted by atomic mass is 10.2. The number of ether oxygens (including phenoxy) is 1. The third-order valence-electron chi connectivity index (χ3n) is 2.32. The van der Waals surface area contributed by atoms with Gasteiger partial charge in [0.25, 0.3) is 0 Å². The fourth-order valence-electron chi connectivity index (χ4n) is 1.42. The van der Waals surface area contributed by atoms with Crippen molar-refractivity contribution in [2.45, 2.75) is 0 Å². The van der Waals surface area contributed by atoms with E-state index in [0.29, 0.717) is 16.3 Å². The van der Waals surface area contributed by atoms with Crippen LogP contribution in [0.25, 0.3) is 11.4 Å². The molecule has 84 valence electrons. The minimum absolute atomic E-state index is 0.100. The predicted molar refractivity (Wildman–Crippen MR) is 62.0 cm³/mol. The molecule has 0 atom stereocenters. The number of H-pyrrole nitrogens is 1. The van der Waals surface area contributed by atoms with Crippen LogP contribution in [0.2, 0.25) is 0 Å². The van der Waals surface area contributed by atoms with Gasteiger partial charge in [-0.25, -0.2) is 0 Å². The molecule has 0 aliphatic carbocycles. The number of rotatable bonds is 2. The molecule has 0 fully saturated rings. The van der Waals surface area contributed by atoms with Gasteiger partial charge in [0.1, 0.15) is 0 Å². The van der Waals surface area contributed by atoms with Gasteiger partial charge in [0.15, 0.2) is 22.1 Å². The zero-order chi connectivity index (χ0) is 11.7. The average molecular weight is 237 g/mol. The Bertz CT molecular complexity index is 574. The molecular formula is C10H11N3O2S. The second-order valence-electron chi connectivity index (χ2n) is 3.30. The van der Waals surface area contributed by atoms with Crippen LogP contribution in [-0.4, -0.2) is 27.0 Å². The van der Waals surface area contributed by atoms with Gasteiger partial charge in [-0.3, -0.25) is 5.10 Å². The Morgan fingerprint density at radius 2 is 2.25 bits per heavy atom. The van der Waals surface area contributed by atoms with Crippen LogP contribution < -0.4 is 4.74 Å². The second kappa shape index (κ2) is 3.97. The Labute approximate surface area is 97.3 Å². The van der Waals surface area contributed by atoms with Crippen LogP contribution >= 0.6 is 12.2 Å². The van der Waals surface area contributed by atoms with Gasteiger partial charge in [-0.2, -0.15) is 5.10 Å². The van der Waals surface area contributed by atoms with Gasteiger partial charge in [0, 0.05) is 12.6 Å². The first-order valence-corrected chi connectivity index (χ1v) is 5.03. The Morgan fingerprint density at radius 1 is 1.50 bits per heavy atom. The van der Waals surface area contributed by atoms with Crippen LogP contribution in [0, 0.1) is 4.77 Å². The van der Waals surface area contributed by atoms with E-state index >= 15 is 0 Å². The molecule has 0 aliphatic heterocycles. The summed E-state index contributed by atoms with van der Waals surface area (Å²) in [7, 11) is 3.32. The Morgan fingerprint density at radius 3 is 2.81 bits per heavy atom. The zero-order valence-electron chi connectivity index (χ0n) is 8.89. The van der Waals surface area contributed by atoms with Crippen molar-refractivity contribution >= 4 is 12.2 Å². The lowest BCUT2D eigenvalue weighted by molar-refractivity contribution is 0.373. The summed E-state index contributed by atoms with van der Waals surface area (Å²) >= 11 is 5.03. The summed E-state index contributed by atoms with van der Waals surface area (Å²) in [4.78, 5) is 0. The van der Waals surface area contributed by atoms with E-state index in [1.807, 2.05) is 7.05 Å². The van der Waals surface area contributed by atoms with Crippen LogP contribution in [0.1, 0.15) is 0 Å². The highest BCUT2D eigenvalue weighted by Gasteiger charge is 2.09. The number of aromatic nitrogens is 3. The van der Waals surface area contributed by atoms with Crippen molar-refractivity contribution in [3.63, 3.8) is 0 Å². The van der Waals surface area contributed by atoms with Crippen LogP contribution in [-0.2, 0) is 7.05 Å². The SMILES string of the molecule is COc1cc(-c2n[nH]c(=S)n2C)ccc1O. The Kier molecular flexibility index (Phi) is 2.66. The third-order valence-corrected chi connectivity index (χ3v) is 2.68. The standard InChI is InChI=1S/C10H11N3O2S/c1-13-9(11-12-10(13)16)6-3-4-7(14)8(5-6)15-2/h3-5,14H,1-2H3,(H,12,16). The highest BCUT2D eigenvalue weighted by Crippen LogP contribution is 2.30. The molecule has 1 aromatic carbocycles. The van der Waals surface area contributed by atoms with E-state index in [-0.39, 0.29) is 5.75 Å². The molecule has 16 heavy (non-hydrogen) atoms. The lowest BCUT2D eigenvalue weighted by Crippen LogP contribution is -1.93. The summed E-state index contributed by atoms with van der Waals surface area (Å²) in [6, 6.07) is 5.02. The fraction of sp³-hybridized carbons (Fsp3) is 0.200. The van der Waals surface area contributed by atoms with Gasteiger partial charge < -0.3 is 14.4 Å². The number of aromatic hydroxyl groups is 1. The normalized spacial score (nSPS) is 10.4. The molecule has 0 spiro atoms. The molecular weight excluding hydrogens is 226 g/mol. The van der Waals surface area contributed by atoms with E-state index in [9.17, 15) is 5.11 Å². The molecule has 1 heterocycles. The fourth-order valence-corrected chi connectivity index (χ4v) is 1.55. The van der Waals surface area contributed by atoms with Crippen molar-refractivity contribution in [1.29, 1.82) is 0 Å². The first-order chi connectivity index (χ1) is 7.63. The molecule has 0 unspecified atom stereocenters. The maximum absolute atomic E-state index is 9.48. The number of benzene rings is 1. The van der Waals surface area contributed by atoms with E-state index in [4.69, 9.17) is 17.0 Å². The first kappa shape index (κ1) is 10.7. The molecule has 0 amide bonds. The zero-order valence-corrected chi connectivity index (χ0v) is 9.71. The monoisotopic (exact) mass is 237 g/mol.